The van der Waals surface area contributed by atoms with Crippen LogP contribution in [0.15, 0.2) is 35.2 Å². The summed E-state index contributed by atoms with van der Waals surface area (Å²) in [4.78, 5) is 11.8. The minimum atomic E-state index is -3.70. The van der Waals surface area contributed by atoms with Crippen molar-refractivity contribution in [1.82, 2.24) is 4.72 Å². The summed E-state index contributed by atoms with van der Waals surface area (Å²) in [5.41, 5.74) is 0. The lowest BCUT2D eigenvalue weighted by atomic mass is 10.0. The Morgan fingerprint density at radius 1 is 1.16 bits per heavy atom. The largest absolute Gasteiger partial charge is 0.274 e. The highest BCUT2D eigenvalue weighted by atomic mass is 32.2. The molecule has 0 radical (unpaired) electrons. The zero-order valence-corrected chi connectivity index (χ0v) is 11.7. The van der Waals surface area contributed by atoms with E-state index in [-0.39, 0.29) is 11.3 Å². The molecule has 104 valence electrons. The van der Waals surface area contributed by atoms with Gasteiger partial charge in [0.1, 0.15) is 0 Å². The molecular formula is C14H19NO3S. The van der Waals surface area contributed by atoms with Crippen molar-refractivity contribution in [3.8, 4) is 0 Å². The Bertz CT molecular complexity index is 519. The molecule has 0 unspecified atom stereocenters. The van der Waals surface area contributed by atoms with Crippen molar-refractivity contribution in [3.05, 3.63) is 30.3 Å². The maximum absolute atomic E-state index is 11.9. The van der Waals surface area contributed by atoms with Gasteiger partial charge in [-0.15, -0.1) is 0 Å². The number of hydrogen-bond acceptors (Lipinski definition) is 3. The summed E-state index contributed by atoms with van der Waals surface area (Å²) in [5, 5.41) is 0. The fourth-order valence-electron chi connectivity index (χ4n) is 2.49. The van der Waals surface area contributed by atoms with Gasteiger partial charge in [-0.3, -0.25) is 4.79 Å². The number of hydrogen-bond donors (Lipinski definition) is 1. The van der Waals surface area contributed by atoms with Crippen LogP contribution in [-0.4, -0.2) is 14.3 Å². The van der Waals surface area contributed by atoms with Crippen molar-refractivity contribution >= 4 is 15.9 Å². The average molecular weight is 281 g/mol. The fourth-order valence-corrected chi connectivity index (χ4v) is 3.53. The third-order valence-corrected chi connectivity index (χ3v) is 4.95. The Kier molecular flexibility index (Phi) is 4.58. The summed E-state index contributed by atoms with van der Waals surface area (Å²) in [7, 11) is -3.70. The Morgan fingerprint density at radius 2 is 1.79 bits per heavy atom. The van der Waals surface area contributed by atoms with E-state index in [1.807, 2.05) is 0 Å². The summed E-state index contributed by atoms with van der Waals surface area (Å²) in [6.07, 6.45) is 5.87. The zero-order valence-electron chi connectivity index (χ0n) is 10.8. The summed E-state index contributed by atoms with van der Waals surface area (Å²) in [6, 6.07) is 7.97. The second-order valence-electron chi connectivity index (χ2n) is 5.03. The molecule has 0 bridgehead atoms. The molecule has 19 heavy (non-hydrogen) atoms. The molecule has 1 amide bonds. The van der Waals surface area contributed by atoms with Gasteiger partial charge in [-0.25, -0.2) is 13.1 Å². The smallest absolute Gasteiger partial charge is 0.264 e. The maximum Gasteiger partial charge on any atom is 0.264 e. The van der Waals surface area contributed by atoms with Gasteiger partial charge in [0.25, 0.3) is 10.0 Å². The Labute approximate surface area is 114 Å². The molecule has 1 aliphatic carbocycles. The molecule has 2 rings (SSSR count). The molecule has 0 saturated heterocycles. The zero-order chi connectivity index (χ0) is 13.7. The van der Waals surface area contributed by atoms with Crippen molar-refractivity contribution in [2.45, 2.75) is 43.4 Å². The molecule has 4 nitrogen and oxygen atoms in total. The fraction of sp³-hybridized carbons (Fsp3) is 0.500. The normalized spacial score (nSPS) is 16.4. The molecule has 1 aromatic carbocycles. The third kappa shape index (κ3) is 4.06. The minimum absolute atomic E-state index is 0.129. The van der Waals surface area contributed by atoms with Gasteiger partial charge < -0.3 is 0 Å². The van der Waals surface area contributed by atoms with Gasteiger partial charge in [-0.05, 0) is 24.5 Å². The van der Waals surface area contributed by atoms with Crippen LogP contribution in [-0.2, 0) is 14.8 Å². The van der Waals surface area contributed by atoms with Gasteiger partial charge >= 0.3 is 0 Å². The molecule has 0 aliphatic heterocycles. The van der Waals surface area contributed by atoms with Crippen molar-refractivity contribution < 1.29 is 13.2 Å². The van der Waals surface area contributed by atoms with Crippen LogP contribution in [0.1, 0.15) is 38.5 Å². The summed E-state index contributed by atoms with van der Waals surface area (Å²) < 4.78 is 25.9. The van der Waals surface area contributed by atoms with Crippen LogP contribution in [0.2, 0.25) is 0 Å². The van der Waals surface area contributed by atoms with Crippen LogP contribution >= 0.6 is 0 Å². The van der Waals surface area contributed by atoms with Gasteiger partial charge in [0.15, 0.2) is 0 Å². The molecule has 0 heterocycles. The summed E-state index contributed by atoms with van der Waals surface area (Å²) >= 11 is 0. The van der Waals surface area contributed by atoms with E-state index < -0.39 is 15.9 Å². The van der Waals surface area contributed by atoms with Crippen LogP contribution < -0.4 is 4.72 Å². The van der Waals surface area contributed by atoms with E-state index in [1.54, 1.807) is 18.2 Å². The van der Waals surface area contributed by atoms with Gasteiger partial charge in [-0.2, -0.15) is 0 Å². The lowest BCUT2D eigenvalue weighted by Gasteiger charge is -2.09. The van der Waals surface area contributed by atoms with Gasteiger partial charge in [-0.1, -0.05) is 43.9 Å². The number of nitrogens with one attached hydrogen (secondary N) is 1. The van der Waals surface area contributed by atoms with Gasteiger partial charge in [0.05, 0.1) is 4.90 Å². The highest BCUT2D eigenvalue weighted by molar-refractivity contribution is 7.90. The van der Waals surface area contributed by atoms with E-state index in [9.17, 15) is 13.2 Å². The first kappa shape index (κ1) is 14.1. The third-order valence-electron chi connectivity index (χ3n) is 3.56. The van der Waals surface area contributed by atoms with E-state index in [0.717, 1.165) is 6.42 Å². The Hall–Kier alpha value is -1.36. The highest BCUT2D eigenvalue weighted by Crippen LogP contribution is 2.28. The van der Waals surface area contributed by atoms with Crippen LogP contribution in [0.3, 0.4) is 0 Å². The summed E-state index contributed by atoms with van der Waals surface area (Å²) in [6.45, 7) is 0. The highest BCUT2D eigenvalue weighted by Gasteiger charge is 2.20. The van der Waals surface area contributed by atoms with Crippen molar-refractivity contribution in [3.63, 3.8) is 0 Å². The van der Waals surface area contributed by atoms with Crippen LogP contribution in [0.25, 0.3) is 0 Å². The second kappa shape index (κ2) is 6.19. The Morgan fingerprint density at radius 3 is 2.42 bits per heavy atom. The van der Waals surface area contributed by atoms with Crippen molar-refractivity contribution in [2.24, 2.45) is 5.92 Å². The molecule has 1 N–H and O–H groups in total. The molecule has 1 aliphatic rings. The number of rotatable bonds is 5. The maximum atomic E-state index is 11.9. The van der Waals surface area contributed by atoms with E-state index in [1.165, 1.54) is 37.8 Å². The molecule has 0 aromatic heterocycles. The number of amides is 1. The first-order valence-corrected chi connectivity index (χ1v) is 8.17. The predicted octanol–water partition coefficient (Wildman–Crippen LogP) is 2.46. The lowest BCUT2D eigenvalue weighted by Crippen LogP contribution is -2.30. The topological polar surface area (TPSA) is 63.2 Å². The molecule has 1 fully saturated rings. The second-order valence-corrected chi connectivity index (χ2v) is 6.71. The van der Waals surface area contributed by atoms with E-state index in [2.05, 4.69) is 4.72 Å². The first-order chi connectivity index (χ1) is 9.08. The molecule has 0 atom stereocenters. The lowest BCUT2D eigenvalue weighted by molar-refractivity contribution is -0.119. The number of sulfonamides is 1. The van der Waals surface area contributed by atoms with E-state index in [4.69, 9.17) is 0 Å². The molecule has 1 saturated carbocycles. The average Bonchev–Trinajstić information content (AvgIpc) is 2.90. The van der Waals surface area contributed by atoms with Crippen LogP contribution in [0, 0.1) is 5.92 Å². The predicted molar refractivity (Wildman–Crippen MR) is 73.0 cm³/mol. The van der Waals surface area contributed by atoms with Gasteiger partial charge in [0, 0.05) is 6.42 Å². The summed E-state index contributed by atoms with van der Waals surface area (Å²) in [5.74, 6) is 0.181. The quantitative estimate of drug-likeness (QED) is 0.901. The minimum Gasteiger partial charge on any atom is -0.274 e. The molecular weight excluding hydrogens is 262 g/mol. The monoisotopic (exact) mass is 281 g/mol. The standard InChI is InChI=1S/C14H19NO3S/c16-14(11-10-12-6-4-5-7-12)15-19(17,18)13-8-2-1-3-9-13/h1-3,8-9,12H,4-7,10-11H2,(H,15,16). The van der Waals surface area contributed by atoms with E-state index >= 15 is 0 Å². The SMILES string of the molecule is O=C(CCC1CCCC1)NS(=O)(=O)c1ccccc1. The van der Waals surface area contributed by atoms with E-state index in [0.29, 0.717) is 5.92 Å². The first-order valence-electron chi connectivity index (χ1n) is 6.68. The Balaban J connectivity index is 1.87. The van der Waals surface area contributed by atoms with Crippen molar-refractivity contribution in [1.29, 1.82) is 0 Å². The molecule has 5 heteroatoms. The number of carbonyl (C=O) groups excluding carboxylic acids is 1. The van der Waals surface area contributed by atoms with Crippen LogP contribution in [0.5, 0.6) is 0 Å². The van der Waals surface area contributed by atoms with Crippen LogP contribution in [0.4, 0.5) is 0 Å². The van der Waals surface area contributed by atoms with Crippen molar-refractivity contribution in [2.75, 3.05) is 0 Å². The number of carbonyl (C=O) groups is 1. The number of benzene rings is 1. The molecule has 1 aromatic rings. The van der Waals surface area contributed by atoms with Gasteiger partial charge in [0.2, 0.25) is 5.91 Å². The molecule has 0 spiro atoms.